The summed E-state index contributed by atoms with van der Waals surface area (Å²) in [6.07, 6.45) is 3.64. The lowest BCUT2D eigenvalue weighted by Gasteiger charge is -2.28. The van der Waals surface area contributed by atoms with E-state index >= 15 is 0 Å². The fraction of sp³-hybridized carbons (Fsp3) is 0.625. The van der Waals surface area contributed by atoms with Crippen LogP contribution in [-0.2, 0) is 6.42 Å². The molecule has 0 bridgehead atoms. The zero-order chi connectivity index (χ0) is 13.2. The maximum absolute atomic E-state index is 5.63. The van der Waals surface area contributed by atoms with Gasteiger partial charge in [0.1, 0.15) is 5.75 Å². The van der Waals surface area contributed by atoms with Gasteiger partial charge < -0.3 is 15.4 Å². The van der Waals surface area contributed by atoms with Gasteiger partial charge in [-0.3, -0.25) is 0 Å². The molecule has 0 saturated carbocycles. The van der Waals surface area contributed by atoms with Gasteiger partial charge >= 0.3 is 0 Å². The molecular weight excluding hydrogens is 236 g/mol. The Kier molecular flexibility index (Phi) is 3.76. The summed E-state index contributed by atoms with van der Waals surface area (Å²) in [5, 5.41) is 0. The summed E-state index contributed by atoms with van der Waals surface area (Å²) in [7, 11) is 1.79. The number of fused-ring (bicyclic) bond motifs is 3. The van der Waals surface area contributed by atoms with Crippen molar-refractivity contribution >= 4 is 0 Å². The van der Waals surface area contributed by atoms with Gasteiger partial charge in [0, 0.05) is 24.6 Å². The number of nitrogens with zero attached hydrogens (tertiary/aromatic N) is 1. The molecule has 104 valence electrons. The second kappa shape index (κ2) is 5.51. The molecule has 1 aliphatic carbocycles. The monoisotopic (exact) mass is 260 g/mol. The van der Waals surface area contributed by atoms with Crippen molar-refractivity contribution in [3.63, 3.8) is 0 Å². The highest BCUT2D eigenvalue weighted by Crippen LogP contribution is 2.45. The minimum absolute atomic E-state index is 0.665. The number of benzene rings is 1. The van der Waals surface area contributed by atoms with Gasteiger partial charge in [0.25, 0.3) is 0 Å². The molecular formula is C16H24N2O. The Balaban J connectivity index is 1.84. The van der Waals surface area contributed by atoms with E-state index in [1.165, 1.54) is 37.1 Å². The molecule has 0 spiro atoms. The van der Waals surface area contributed by atoms with Crippen LogP contribution in [0.1, 0.15) is 29.9 Å². The average molecular weight is 260 g/mol. The predicted molar refractivity (Wildman–Crippen MR) is 77.7 cm³/mol. The minimum Gasteiger partial charge on any atom is -0.496 e. The normalized spacial score (nSPS) is 26.0. The van der Waals surface area contributed by atoms with E-state index in [0.717, 1.165) is 31.2 Å². The summed E-state index contributed by atoms with van der Waals surface area (Å²) in [6.45, 7) is 4.36. The number of rotatable bonds is 4. The van der Waals surface area contributed by atoms with Gasteiger partial charge in [0.2, 0.25) is 0 Å². The average Bonchev–Trinajstić information content (AvgIpc) is 2.87. The van der Waals surface area contributed by atoms with Gasteiger partial charge in [-0.2, -0.15) is 0 Å². The maximum Gasteiger partial charge on any atom is 0.122 e. The van der Waals surface area contributed by atoms with Crippen molar-refractivity contribution < 1.29 is 4.74 Å². The van der Waals surface area contributed by atoms with E-state index in [1.54, 1.807) is 7.11 Å². The van der Waals surface area contributed by atoms with Crippen molar-refractivity contribution in [3.8, 4) is 5.75 Å². The van der Waals surface area contributed by atoms with Gasteiger partial charge in [-0.15, -0.1) is 0 Å². The fourth-order valence-electron chi connectivity index (χ4n) is 3.82. The Labute approximate surface area is 115 Å². The quantitative estimate of drug-likeness (QED) is 0.900. The van der Waals surface area contributed by atoms with Crippen molar-refractivity contribution in [3.05, 3.63) is 29.3 Å². The molecule has 0 amide bonds. The fourth-order valence-corrected chi connectivity index (χ4v) is 3.82. The third kappa shape index (κ3) is 2.37. The number of aryl methyl sites for hydroxylation is 1. The molecule has 1 aliphatic heterocycles. The van der Waals surface area contributed by atoms with Gasteiger partial charge in [-0.1, -0.05) is 12.1 Å². The summed E-state index contributed by atoms with van der Waals surface area (Å²) in [6, 6.07) is 6.51. The molecule has 1 aromatic rings. The lowest BCUT2D eigenvalue weighted by Crippen LogP contribution is -2.23. The number of hydrogen-bond donors (Lipinski definition) is 1. The second-order valence-electron chi connectivity index (χ2n) is 5.84. The van der Waals surface area contributed by atoms with Gasteiger partial charge in [-0.25, -0.2) is 0 Å². The van der Waals surface area contributed by atoms with E-state index in [4.69, 9.17) is 10.5 Å². The molecule has 2 atom stereocenters. The van der Waals surface area contributed by atoms with Crippen molar-refractivity contribution in [1.82, 2.24) is 4.90 Å². The van der Waals surface area contributed by atoms with Crippen molar-refractivity contribution in [1.29, 1.82) is 0 Å². The highest BCUT2D eigenvalue weighted by molar-refractivity contribution is 5.45. The number of likely N-dealkylation sites (tertiary alicyclic amines) is 1. The van der Waals surface area contributed by atoms with E-state index in [1.807, 2.05) is 0 Å². The molecule has 3 heteroatoms. The van der Waals surface area contributed by atoms with Crippen molar-refractivity contribution in [2.24, 2.45) is 11.7 Å². The summed E-state index contributed by atoms with van der Waals surface area (Å²) >= 11 is 0. The van der Waals surface area contributed by atoms with Gasteiger partial charge in [-0.05, 0) is 49.9 Å². The summed E-state index contributed by atoms with van der Waals surface area (Å²) in [5.41, 5.74) is 8.61. The van der Waals surface area contributed by atoms with E-state index in [0.29, 0.717) is 5.92 Å². The Bertz CT molecular complexity index is 432. The van der Waals surface area contributed by atoms with Crippen LogP contribution in [0.3, 0.4) is 0 Å². The SMILES string of the molecule is COc1cccc2c1[C@H]1CN(CCCN)C[C@@H]1CC2. The molecule has 1 fully saturated rings. The van der Waals surface area contributed by atoms with Crippen LogP contribution >= 0.6 is 0 Å². The lowest BCUT2D eigenvalue weighted by atomic mass is 9.76. The molecule has 1 heterocycles. The Morgan fingerprint density at radius 3 is 3.05 bits per heavy atom. The molecule has 2 N–H and O–H groups in total. The van der Waals surface area contributed by atoms with Crippen LogP contribution in [0.4, 0.5) is 0 Å². The van der Waals surface area contributed by atoms with Crippen molar-refractivity contribution in [2.45, 2.75) is 25.2 Å². The van der Waals surface area contributed by atoms with E-state index < -0.39 is 0 Å². The molecule has 1 saturated heterocycles. The Morgan fingerprint density at radius 1 is 1.37 bits per heavy atom. The molecule has 0 unspecified atom stereocenters. The number of nitrogens with two attached hydrogens (primary N) is 1. The standard InChI is InChI=1S/C16H24N2O/c1-19-15-5-2-4-12-6-7-13-10-18(9-3-8-17)11-14(13)16(12)15/h2,4-5,13-14H,3,6-11,17H2,1H3/t13-,14-/m0/s1. The molecule has 2 aliphatic rings. The second-order valence-corrected chi connectivity index (χ2v) is 5.84. The van der Waals surface area contributed by atoms with Crippen LogP contribution in [0.25, 0.3) is 0 Å². The van der Waals surface area contributed by atoms with Crippen LogP contribution in [0.2, 0.25) is 0 Å². The van der Waals surface area contributed by atoms with Crippen LogP contribution in [-0.4, -0.2) is 38.2 Å². The van der Waals surface area contributed by atoms with E-state index in [-0.39, 0.29) is 0 Å². The summed E-state index contributed by atoms with van der Waals surface area (Å²) < 4.78 is 5.60. The molecule has 1 aromatic carbocycles. The molecule has 3 nitrogen and oxygen atoms in total. The first kappa shape index (κ1) is 12.9. The van der Waals surface area contributed by atoms with Crippen LogP contribution in [0.15, 0.2) is 18.2 Å². The Hall–Kier alpha value is -1.06. The first-order valence-electron chi connectivity index (χ1n) is 7.41. The third-order valence-corrected chi connectivity index (χ3v) is 4.73. The number of hydrogen-bond acceptors (Lipinski definition) is 3. The molecule has 19 heavy (non-hydrogen) atoms. The summed E-state index contributed by atoms with van der Waals surface area (Å²) in [5.74, 6) is 2.56. The third-order valence-electron chi connectivity index (χ3n) is 4.73. The van der Waals surface area contributed by atoms with Gasteiger partial charge in [0.05, 0.1) is 7.11 Å². The molecule has 3 rings (SSSR count). The first-order valence-corrected chi connectivity index (χ1v) is 7.41. The van der Waals surface area contributed by atoms with E-state index in [2.05, 4.69) is 23.1 Å². The van der Waals surface area contributed by atoms with Crippen LogP contribution < -0.4 is 10.5 Å². The maximum atomic E-state index is 5.63. The largest absolute Gasteiger partial charge is 0.496 e. The number of methoxy groups -OCH3 is 1. The molecule has 0 aromatic heterocycles. The minimum atomic E-state index is 0.665. The predicted octanol–water partition coefficient (Wildman–Crippen LogP) is 2.01. The van der Waals surface area contributed by atoms with Gasteiger partial charge in [0.15, 0.2) is 0 Å². The van der Waals surface area contributed by atoms with Crippen molar-refractivity contribution in [2.75, 3.05) is 33.3 Å². The summed E-state index contributed by atoms with van der Waals surface area (Å²) in [4.78, 5) is 2.59. The van der Waals surface area contributed by atoms with Crippen LogP contribution in [0.5, 0.6) is 5.75 Å². The highest BCUT2D eigenvalue weighted by Gasteiger charge is 2.38. The highest BCUT2D eigenvalue weighted by atomic mass is 16.5. The van der Waals surface area contributed by atoms with Crippen LogP contribution in [0, 0.1) is 5.92 Å². The van der Waals surface area contributed by atoms with E-state index in [9.17, 15) is 0 Å². The Morgan fingerprint density at radius 2 is 2.26 bits per heavy atom. The zero-order valence-corrected chi connectivity index (χ0v) is 11.8. The lowest BCUT2D eigenvalue weighted by molar-refractivity contribution is 0.318. The smallest absolute Gasteiger partial charge is 0.122 e. The molecule has 0 radical (unpaired) electrons. The topological polar surface area (TPSA) is 38.5 Å². The first-order chi connectivity index (χ1) is 9.33. The zero-order valence-electron chi connectivity index (χ0n) is 11.8. The number of ether oxygens (including phenoxy) is 1.